The summed E-state index contributed by atoms with van der Waals surface area (Å²) in [5, 5.41) is 0.663. The number of aryl methyl sites for hydroxylation is 2. The first kappa shape index (κ1) is 17.3. The van der Waals surface area contributed by atoms with Crippen molar-refractivity contribution in [1.29, 1.82) is 0 Å². The Balaban J connectivity index is 1.78. The van der Waals surface area contributed by atoms with Gasteiger partial charge in [0.1, 0.15) is 5.69 Å². The second-order valence-corrected chi connectivity index (χ2v) is 7.35. The molecule has 0 unspecified atom stereocenters. The van der Waals surface area contributed by atoms with Gasteiger partial charge in [0.25, 0.3) is 5.91 Å². The standard InChI is InChI=1S/C21H18N4OS/c1-14-7-6-10-18-19(14)24-21(27-18)25(13-16-8-4-3-5-9-16)20(26)17-12-22-15(2)11-23-17/h3-12H,13H2,1-2H3. The summed E-state index contributed by atoms with van der Waals surface area (Å²) in [6.45, 7) is 4.30. The van der Waals surface area contributed by atoms with Gasteiger partial charge in [-0.1, -0.05) is 53.8 Å². The fourth-order valence-corrected chi connectivity index (χ4v) is 3.86. The summed E-state index contributed by atoms with van der Waals surface area (Å²) in [6, 6.07) is 16.0. The van der Waals surface area contributed by atoms with E-state index in [0.29, 0.717) is 17.4 Å². The molecule has 0 radical (unpaired) electrons. The van der Waals surface area contributed by atoms with E-state index in [2.05, 4.69) is 9.97 Å². The van der Waals surface area contributed by atoms with Crippen molar-refractivity contribution in [2.45, 2.75) is 20.4 Å². The topological polar surface area (TPSA) is 59.0 Å². The maximum atomic E-state index is 13.2. The first-order valence-corrected chi connectivity index (χ1v) is 9.44. The molecule has 0 N–H and O–H groups in total. The minimum absolute atomic E-state index is 0.205. The fourth-order valence-electron chi connectivity index (χ4n) is 2.82. The molecule has 0 spiro atoms. The number of fused-ring (bicyclic) bond motifs is 1. The molecule has 0 aliphatic carbocycles. The zero-order valence-electron chi connectivity index (χ0n) is 15.1. The fraction of sp³-hybridized carbons (Fsp3) is 0.143. The molecule has 5 nitrogen and oxygen atoms in total. The highest BCUT2D eigenvalue weighted by molar-refractivity contribution is 7.22. The summed E-state index contributed by atoms with van der Waals surface area (Å²) in [5.41, 5.74) is 4.14. The van der Waals surface area contributed by atoms with Crippen molar-refractivity contribution in [2.75, 3.05) is 4.90 Å². The molecule has 0 atom stereocenters. The third-order valence-electron chi connectivity index (χ3n) is 4.27. The molecule has 27 heavy (non-hydrogen) atoms. The van der Waals surface area contributed by atoms with Crippen molar-refractivity contribution in [3.05, 3.63) is 83.4 Å². The van der Waals surface area contributed by atoms with Crippen LogP contribution in [-0.2, 0) is 6.54 Å². The largest absolute Gasteiger partial charge is 0.280 e. The molecule has 0 bridgehead atoms. The first-order chi connectivity index (χ1) is 13.1. The molecule has 4 aromatic rings. The number of nitrogens with zero attached hydrogens (tertiary/aromatic N) is 4. The van der Waals surface area contributed by atoms with E-state index in [1.807, 2.05) is 62.4 Å². The summed E-state index contributed by atoms with van der Waals surface area (Å²) in [4.78, 5) is 28.1. The van der Waals surface area contributed by atoms with Gasteiger partial charge in [-0.25, -0.2) is 9.97 Å². The number of rotatable bonds is 4. The van der Waals surface area contributed by atoms with Crippen molar-refractivity contribution in [2.24, 2.45) is 0 Å². The van der Waals surface area contributed by atoms with Gasteiger partial charge in [0.2, 0.25) is 0 Å². The second kappa shape index (κ2) is 7.25. The lowest BCUT2D eigenvalue weighted by Gasteiger charge is -2.19. The molecule has 2 aromatic carbocycles. The van der Waals surface area contributed by atoms with Crippen LogP contribution in [0, 0.1) is 13.8 Å². The SMILES string of the molecule is Cc1cnc(C(=O)N(Cc2ccccc2)c2nc3c(C)cccc3s2)cn1. The van der Waals surface area contributed by atoms with E-state index in [0.717, 1.165) is 27.0 Å². The van der Waals surface area contributed by atoms with E-state index in [9.17, 15) is 4.79 Å². The Morgan fingerprint density at radius 3 is 2.52 bits per heavy atom. The van der Waals surface area contributed by atoms with E-state index in [1.165, 1.54) is 17.5 Å². The van der Waals surface area contributed by atoms with Crippen molar-refractivity contribution in [3.8, 4) is 0 Å². The highest BCUT2D eigenvalue weighted by Gasteiger charge is 2.23. The molecule has 0 aliphatic heterocycles. The van der Waals surface area contributed by atoms with Crippen LogP contribution < -0.4 is 4.90 Å². The number of aromatic nitrogens is 3. The summed E-state index contributed by atoms with van der Waals surface area (Å²) in [6.07, 6.45) is 3.13. The molecular formula is C21H18N4OS. The lowest BCUT2D eigenvalue weighted by atomic mass is 10.2. The third kappa shape index (κ3) is 3.57. The van der Waals surface area contributed by atoms with E-state index in [-0.39, 0.29) is 5.91 Å². The lowest BCUT2D eigenvalue weighted by Crippen LogP contribution is -2.31. The quantitative estimate of drug-likeness (QED) is 0.526. The normalized spacial score (nSPS) is 10.9. The van der Waals surface area contributed by atoms with Crippen LogP contribution in [0.25, 0.3) is 10.2 Å². The molecule has 0 aliphatic rings. The maximum absolute atomic E-state index is 13.2. The van der Waals surface area contributed by atoms with Gasteiger partial charge in [-0.05, 0) is 31.0 Å². The number of para-hydroxylation sites is 1. The number of amides is 1. The summed E-state index contributed by atoms with van der Waals surface area (Å²) >= 11 is 1.51. The van der Waals surface area contributed by atoms with Crippen LogP contribution in [0.3, 0.4) is 0 Å². The van der Waals surface area contributed by atoms with Gasteiger partial charge in [-0.3, -0.25) is 14.7 Å². The second-order valence-electron chi connectivity index (χ2n) is 6.34. The van der Waals surface area contributed by atoms with Gasteiger partial charge in [0, 0.05) is 6.20 Å². The monoisotopic (exact) mass is 374 g/mol. The predicted molar refractivity (Wildman–Crippen MR) is 108 cm³/mol. The molecule has 2 heterocycles. The highest BCUT2D eigenvalue weighted by Crippen LogP contribution is 2.32. The van der Waals surface area contributed by atoms with Crippen molar-refractivity contribution in [1.82, 2.24) is 15.0 Å². The van der Waals surface area contributed by atoms with Gasteiger partial charge in [-0.2, -0.15) is 0 Å². The van der Waals surface area contributed by atoms with Gasteiger partial charge in [0.05, 0.1) is 28.7 Å². The number of hydrogen-bond donors (Lipinski definition) is 0. The van der Waals surface area contributed by atoms with Crippen LogP contribution in [0.5, 0.6) is 0 Å². The number of carbonyl (C=O) groups excluding carboxylic acids is 1. The Morgan fingerprint density at radius 1 is 1.00 bits per heavy atom. The average molecular weight is 374 g/mol. The third-order valence-corrected chi connectivity index (χ3v) is 5.31. The Morgan fingerprint density at radius 2 is 1.81 bits per heavy atom. The maximum Gasteiger partial charge on any atom is 0.280 e. The van der Waals surface area contributed by atoms with Gasteiger partial charge in [0.15, 0.2) is 5.13 Å². The molecule has 0 fully saturated rings. The minimum Gasteiger partial charge on any atom is -0.278 e. The molecule has 0 saturated heterocycles. The number of thiazole rings is 1. The molecule has 0 saturated carbocycles. The number of carbonyl (C=O) groups is 1. The average Bonchev–Trinajstić information content (AvgIpc) is 3.12. The molecule has 4 rings (SSSR count). The van der Waals surface area contributed by atoms with E-state index in [1.54, 1.807) is 11.1 Å². The van der Waals surface area contributed by atoms with Crippen molar-refractivity contribution < 1.29 is 4.79 Å². The summed E-state index contributed by atoms with van der Waals surface area (Å²) < 4.78 is 1.06. The minimum atomic E-state index is -0.205. The van der Waals surface area contributed by atoms with Gasteiger partial charge in [-0.15, -0.1) is 0 Å². The highest BCUT2D eigenvalue weighted by atomic mass is 32.1. The Bertz CT molecular complexity index is 1090. The van der Waals surface area contributed by atoms with E-state index < -0.39 is 0 Å². The van der Waals surface area contributed by atoms with Crippen LogP contribution >= 0.6 is 11.3 Å². The van der Waals surface area contributed by atoms with Crippen molar-refractivity contribution in [3.63, 3.8) is 0 Å². The molecule has 6 heteroatoms. The molecular weight excluding hydrogens is 356 g/mol. The summed E-state index contributed by atoms with van der Waals surface area (Å²) in [7, 11) is 0. The molecule has 1 amide bonds. The Hall–Kier alpha value is -3.12. The number of anilines is 1. The zero-order valence-corrected chi connectivity index (χ0v) is 15.9. The van der Waals surface area contributed by atoms with Gasteiger partial charge >= 0.3 is 0 Å². The zero-order chi connectivity index (χ0) is 18.8. The van der Waals surface area contributed by atoms with Crippen LogP contribution in [-0.4, -0.2) is 20.9 Å². The van der Waals surface area contributed by atoms with Crippen LogP contribution in [0.1, 0.15) is 27.3 Å². The number of benzene rings is 2. The van der Waals surface area contributed by atoms with Crippen molar-refractivity contribution >= 4 is 32.6 Å². The van der Waals surface area contributed by atoms with Crippen LogP contribution in [0.4, 0.5) is 5.13 Å². The smallest absolute Gasteiger partial charge is 0.278 e. The summed E-state index contributed by atoms with van der Waals surface area (Å²) in [5.74, 6) is -0.205. The van der Waals surface area contributed by atoms with Crippen LogP contribution in [0.2, 0.25) is 0 Å². The number of hydrogen-bond acceptors (Lipinski definition) is 5. The van der Waals surface area contributed by atoms with Crippen LogP contribution in [0.15, 0.2) is 60.9 Å². The first-order valence-electron chi connectivity index (χ1n) is 8.62. The van der Waals surface area contributed by atoms with E-state index in [4.69, 9.17) is 4.98 Å². The Labute approximate surface area is 161 Å². The van der Waals surface area contributed by atoms with E-state index >= 15 is 0 Å². The Kier molecular flexibility index (Phi) is 4.64. The molecule has 134 valence electrons. The lowest BCUT2D eigenvalue weighted by molar-refractivity contribution is 0.0980. The van der Waals surface area contributed by atoms with Gasteiger partial charge < -0.3 is 0 Å². The molecule has 2 aromatic heterocycles. The predicted octanol–water partition coefficient (Wildman–Crippen LogP) is 4.55.